The highest BCUT2D eigenvalue weighted by atomic mass is 16.2. The summed E-state index contributed by atoms with van der Waals surface area (Å²) in [5, 5.41) is 2.73. The average molecular weight is 435 g/mol. The fourth-order valence-corrected chi connectivity index (χ4v) is 4.06. The third kappa shape index (κ3) is 4.77. The molecule has 3 amide bonds. The Labute approximate surface area is 188 Å². The molecule has 2 heterocycles. The van der Waals surface area contributed by atoms with Crippen LogP contribution >= 0.6 is 0 Å². The van der Waals surface area contributed by atoms with Gasteiger partial charge in [-0.05, 0) is 63.5 Å². The molecule has 168 valence electrons. The smallest absolute Gasteiger partial charge is 0.312 e. The third-order valence-electron chi connectivity index (χ3n) is 6.15. The topological polar surface area (TPSA) is 74.7 Å². The predicted molar refractivity (Wildman–Crippen MR) is 123 cm³/mol. The van der Waals surface area contributed by atoms with Crippen LogP contribution in [0, 0.1) is 20.8 Å². The summed E-state index contributed by atoms with van der Waals surface area (Å²) < 4.78 is 2.18. The molecule has 1 aliphatic carbocycles. The number of rotatable bonds is 4. The van der Waals surface area contributed by atoms with E-state index in [0.29, 0.717) is 26.2 Å². The van der Waals surface area contributed by atoms with Crippen LogP contribution in [-0.2, 0) is 14.4 Å². The largest absolute Gasteiger partial charge is 0.345 e. The fourth-order valence-electron chi connectivity index (χ4n) is 4.06. The minimum Gasteiger partial charge on any atom is -0.345 e. The van der Waals surface area contributed by atoms with E-state index in [1.165, 1.54) is 10.5 Å². The fraction of sp³-hybridized carbons (Fsp3) is 0.400. The lowest BCUT2D eigenvalue weighted by atomic mass is 10.2. The van der Waals surface area contributed by atoms with Gasteiger partial charge < -0.3 is 19.7 Å². The van der Waals surface area contributed by atoms with Crippen molar-refractivity contribution >= 4 is 23.8 Å². The van der Waals surface area contributed by atoms with E-state index >= 15 is 0 Å². The van der Waals surface area contributed by atoms with E-state index in [1.54, 1.807) is 11.0 Å². The van der Waals surface area contributed by atoms with Crippen LogP contribution in [0.3, 0.4) is 0 Å². The van der Waals surface area contributed by atoms with Gasteiger partial charge in [0.15, 0.2) is 0 Å². The Hall–Kier alpha value is -3.35. The first-order valence-corrected chi connectivity index (χ1v) is 11.2. The van der Waals surface area contributed by atoms with E-state index in [1.807, 2.05) is 13.0 Å². The summed E-state index contributed by atoms with van der Waals surface area (Å²) in [6.45, 7) is 7.77. The number of piperazine rings is 1. The quantitative estimate of drug-likeness (QED) is 0.593. The Morgan fingerprint density at radius 3 is 2.19 bits per heavy atom. The van der Waals surface area contributed by atoms with Gasteiger partial charge in [0.1, 0.15) is 0 Å². The van der Waals surface area contributed by atoms with Crippen molar-refractivity contribution in [3.63, 3.8) is 0 Å². The maximum absolute atomic E-state index is 12.7. The minimum absolute atomic E-state index is 0.0836. The third-order valence-corrected chi connectivity index (χ3v) is 6.15. The lowest BCUT2D eigenvalue weighted by molar-refractivity contribution is -0.148. The van der Waals surface area contributed by atoms with Gasteiger partial charge in [-0.2, -0.15) is 0 Å². The molecule has 1 saturated carbocycles. The molecular weight excluding hydrogens is 404 g/mol. The second-order valence-electron chi connectivity index (χ2n) is 8.70. The van der Waals surface area contributed by atoms with Gasteiger partial charge in [-0.25, -0.2) is 0 Å². The van der Waals surface area contributed by atoms with Crippen LogP contribution in [-0.4, -0.2) is 64.3 Å². The molecule has 1 N–H and O–H groups in total. The maximum Gasteiger partial charge on any atom is 0.312 e. The van der Waals surface area contributed by atoms with E-state index in [0.717, 1.165) is 35.5 Å². The summed E-state index contributed by atoms with van der Waals surface area (Å²) in [7, 11) is 0. The molecule has 0 bridgehead atoms. The van der Waals surface area contributed by atoms with Crippen LogP contribution in [0.15, 0.2) is 36.4 Å². The number of hydrogen-bond acceptors (Lipinski definition) is 3. The van der Waals surface area contributed by atoms with E-state index in [-0.39, 0.29) is 11.9 Å². The number of nitrogens with zero attached hydrogens (tertiary/aromatic N) is 3. The van der Waals surface area contributed by atoms with Gasteiger partial charge in [0.05, 0.1) is 0 Å². The molecule has 4 rings (SSSR count). The summed E-state index contributed by atoms with van der Waals surface area (Å²) >= 11 is 0. The molecule has 0 spiro atoms. The van der Waals surface area contributed by atoms with Crippen LogP contribution < -0.4 is 5.32 Å². The highest BCUT2D eigenvalue weighted by molar-refractivity contribution is 6.35. The molecule has 1 saturated heterocycles. The number of aromatic nitrogens is 1. The standard InChI is InChI=1S/C25H30N4O3/c1-17-4-9-22(10-5-17)29-18(2)16-20(19(29)3)6-11-23(30)27-12-14-28(15-13-27)25(32)24(31)26-21-7-8-21/h4-6,9-11,16,21H,7-8,12-15H2,1-3H3,(H,26,31)/b11-6+. The van der Waals surface area contributed by atoms with E-state index < -0.39 is 11.8 Å². The first-order chi connectivity index (χ1) is 15.3. The molecule has 7 nitrogen and oxygen atoms in total. The molecule has 1 aliphatic heterocycles. The SMILES string of the molecule is Cc1ccc(-n2c(C)cc(/C=C/C(=O)N3CCN(C(=O)C(=O)NC4CC4)CC3)c2C)cc1. The van der Waals surface area contributed by atoms with Crippen LogP contribution in [0.2, 0.25) is 0 Å². The van der Waals surface area contributed by atoms with Crippen molar-refractivity contribution in [1.82, 2.24) is 19.7 Å². The lowest BCUT2D eigenvalue weighted by Crippen LogP contribution is -2.53. The Balaban J connectivity index is 1.36. The number of hydrogen-bond donors (Lipinski definition) is 1. The van der Waals surface area contributed by atoms with E-state index in [9.17, 15) is 14.4 Å². The van der Waals surface area contributed by atoms with Crippen molar-refractivity contribution in [2.24, 2.45) is 0 Å². The van der Waals surface area contributed by atoms with Gasteiger partial charge in [0.2, 0.25) is 5.91 Å². The lowest BCUT2D eigenvalue weighted by Gasteiger charge is -2.33. The molecule has 2 aliphatic rings. The van der Waals surface area contributed by atoms with Gasteiger partial charge in [-0.15, -0.1) is 0 Å². The van der Waals surface area contributed by atoms with Crippen molar-refractivity contribution in [1.29, 1.82) is 0 Å². The Morgan fingerprint density at radius 1 is 0.938 bits per heavy atom. The van der Waals surface area contributed by atoms with Gasteiger partial charge in [0.25, 0.3) is 0 Å². The second-order valence-corrected chi connectivity index (χ2v) is 8.70. The maximum atomic E-state index is 12.7. The Kier molecular flexibility index (Phi) is 6.17. The zero-order valence-corrected chi connectivity index (χ0v) is 18.9. The predicted octanol–water partition coefficient (Wildman–Crippen LogP) is 2.37. The highest BCUT2D eigenvalue weighted by Gasteiger charge is 2.31. The van der Waals surface area contributed by atoms with Gasteiger partial charge >= 0.3 is 11.8 Å². The van der Waals surface area contributed by atoms with Gasteiger partial charge in [-0.1, -0.05) is 17.7 Å². The molecule has 0 unspecified atom stereocenters. The number of nitrogens with one attached hydrogen (secondary N) is 1. The molecule has 7 heteroatoms. The summed E-state index contributed by atoms with van der Waals surface area (Å²) in [5.74, 6) is -1.11. The van der Waals surface area contributed by atoms with Gasteiger partial charge in [-0.3, -0.25) is 14.4 Å². The molecule has 1 aromatic carbocycles. The molecule has 2 fully saturated rings. The van der Waals surface area contributed by atoms with Crippen molar-refractivity contribution < 1.29 is 14.4 Å². The normalized spacial score (nSPS) is 16.5. The van der Waals surface area contributed by atoms with Crippen molar-refractivity contribution in [2.75, 3.05) is 26.2 Å². The van der Waals surface area contributed by atoms with E-state index in [4.69, 9.17) is 0 Å². The molecule has 32 heavy (non-hydrogen) atoms. The summed E-state index contributed by atoms with van der Waals surface area (Å²) in [6.07, 6.45) is 5.34. The summed E-state index contributed by atoms with van der Waals surface area (Å²) in [5.41, 5.74) is 5.50. The monoisotopic (exact) mass is 434 g/mol. The molecule has 0 radical (unpaired) electrons. The Morgan fingerprint density at radius 2 is 1.56 bits per heavy atom. The second kappa shape index (κ2) is 9.02. The van der Waals surface area contributed by atoms with Crippen molar-refractivity contribution in [3.05, 3.63) is 58.9 Å². The molecule has 0 atom stereocenters. The molecule has 1 aromatic heterocycles. The number of aryl methyl sites for hydroxylation is 2. The average Bonchev–Trinajstić information content (AvgIpc) is 3.56. The Bertz CT molecular complexity index is 1060. The van der Waals surface area contributed by atoms with Crippen molar-refractivity contribution in [3.8, 4) is 5.69 Å². The zero-order chi connectivity index (χ0) is 22.8. The molecule has 2 aromatic rings. The summed E-state index contributed by atoms with van der Waals surface area (Å²) in [6, 6.07) is 10.6. The first-order valence-electron chi connectivity index (χ1n) is 11.2. The molecular formula is C25H30N4O3. The number of benzene rings is 1. The minimum atomic E-state index is -0.531. The number of carbonyl (C=O) groups excluding carboxylic acids is 3. The van der Waals surface area contributed by atoms with Crippen LogP contribution in [0.1, 0.15) is 35.4 Å². The number of amides is 3. The number of carbonyl (C=O) groups is 3. The van der Waals surface area contributed by atoms with Crippen LogP contribution in [0.5, 0.6) is 0 Å². The highest BCUT2D eigenvalue weighted by Crippen LogP contribution is 2.22. The van der Waals surface area contributed by atoms with Crippen molar-refractivity contribution in [2.45, 2.75) is 39.7 Å². The van der Waals surface area contributed by atoms with Gasteiger partial charge in [0, 0.05) is 55.4 Å². The first kappa shape index (κ1) is 21.9. The summed E-state index contributed by atoms with van der Waals surface area (Å²) in [4.78, 5) is 40.1. The van der Waals surface area contributed by atoms with Crippen LogP contribution in [0.25, 0.3) is 11.8 Å². The van der Waals surface area contributed by atoms with Crippen LogP contribution in [0.4, 0.5) is 0 Å². The van der Waals surface area contributed by atoms with E-state index in [2.05, 4.69) is 54.1 Å². The zero-order valence-electron chi connectivity index (χ0n) is 18.9.